The molecule has 92 valence electrons. The van der Waals surface area contributed by atoms with Crippen molar-refractivity contribution < 1.29 is 14.1 Å². The Bertz CT molecular complexity index is 259. The largest absolute Gasteiger partial charge is 0.444 e. The van der Waals surface area contributed by atoms with E-state index in [0.29, 0.717) is 6.54 Å². The summed E-state index contributed by atoms with van der Waals surface area (Å²) in [5.74, 6) is 0. The number of ether oxygens (including phenoxy) is 1. The minimum atomic E-state index is -0.421. The maximum Gasteiger partial charge on any atom is 0.408 e. The topological polar surface area (TPSA) is 41.3 Å². The van der Waals surface area contributed by atoms with Gasteiger partial charge in [-0.1, -0.05) is 0 Å². The molecule has 4 nitrogen and oxygen atoms in total. The van der Waals surface area contributed by atoms with Gasteiger partial charge in [-0.15, -0.1) is 0 Å². The molecule has 4 heteroatoms. The van der Waals surface area contributed by atoms with E-state index in [9.17, 15) is 4.79 Å². The van der Waals surface area contributed by atoms with E-state index in [-0.39, 0.29) is 6.09 Å². The number of hydrogen-bond donors (Lipinski definition) is 1. The fourth-order valence-corrected chi connectivity index (χ4v) is 1.67. The standard InChI is InChI=1S/C12H22N2O2/c1-12(2,3)16-11(15)13-7-10-14-8-5-4-6-9-14/h10H,4-9H2,1-3H3/p+1. The van der Waals surface area contributed by atoms with E-state index in [1.165, 1.54) is 19.3 Å². The van der Waals surface area contributed by atoms with Crippen LogP contribution in [0, 0.1) is 0 Å². The smallest absolute Gasteiger partial charge is 0.408 e. The first-order chi connectivity index (χ1) is 7.47. The zero-order chi connectivity index (χ0) is 12.0. The lowest BCUT2D eigenvalue weighted by atomic mass is 10.2. The van der Waals surface area contributed by atoms with E-state index in [2.05, 4.69) is 9.89 Å². The van der Waals surface area contributed by atoms with Gasteiger partial charge in [-0.25, -0.2) is 9.37 Å². The third-order valence-corrected chi connectivity index (χ3v) is 2.39. The van der Waals surface area contributed by atoms with Crippen LogP contribution < -0.4 is 5.32 Å². The Balaban J connectivity index is 2.21. The van der Waals surface area contributed by atoms with Gasteiger partial charge in [0, 0.05) is 12.8 Å². The third-order valence-electron chi connectivity index (χ3n) is 2.39. The SMILES string of the molecule is CC(C)(C)OC(=O)NCC=[N+]1CCCCC1. The van der Waals surface area contributed by atoms with Crippen molar-refractivity contribution in [2.24, 2.45) is 0 Å². The first kappa shape index (κ1) is 13.0. The van der Waals surface area contributed by atoms with E-state index >= 15 is 0 Å². The van der Waals surface area contributed by atoms with Crippen LogP contribution in [0.1, 0.15) is 40.0 Å². The Morgan fingerprint density at radius 2 is 1.94 bits per heavy atom. The van der Waals surface area contributed by atoms with Gasteiger partial charge in [0.1, 0.15) is 18.7 Å². The van der Waals surface area contributed by atoms with Gasteiger partial charge in [0.05, 0.1) is 6.54 Å². The second-order valence-corrected chi connectivity index (χ2v) is 5.16. The zero-order valence-corrected chi connectivity index (χ0v) is 10.6. The van der Waals surface area contributed by atoms with Crippen molar-refractivity contribution in [3.05, 3.63) is 0 Å². The fraction of sp³-hybridized carbons (Fsp3) is 0.833. The monoisotopic (exact) mass is 227 g/mol. The number of nitrogens with one attached hydrogen (secondary N) is 1. The Kier molecular flexibility index (Phi) is 4.77. The molecule has 0 aromatic rings. The van der Waals surface area contributed by atoms with Crippen LogP contribution in [0.3, 0.4) is 0 Å². The number of hydrogen-bond acceptors (Lipinski definition) is 2. The quantitative estimate of drug-likeness (QED) is 0.731. The highest BCUT2D eigenvalue weighted by Crippen LogP contribution is 2.06. The second-order valence-electron chi connectivity index (χ2n) is 5.16. The van der Waals surface area contributed by atoms with Gasteiger partial charge in [-0.3, -0.25) is 0 Å². The summed E-state index contributed by atoms with van der Waals surface area (Å²) < 4.78 is 7.40. The molecule has 0 saturated carbocycles. The van der Waals surface area contributed by atoms with Crippen molar-refractivity contribution in [1.29, 1.82) is 0 Å². The summed E-state index contributed by atoms with van der Waals surface area (Å²) in [6.45, 7) is 8.35. The Morgan fingerprint density at radius 1 is 1.31 bits per heavy atom. The molecule has 1 rings (SSSR count). The first-order valence-electron chi connectivity index (χ1n) is 6.01. The van der Waals surface area contributed by atoms with E-state index < -0.39 is 5.60 Å². The molecule has 1 fully saturated rings. The lowest BCUT2D eigenvalue weighted by Crippen LogP contribution is -2.35. The highest BCUT2D eigenvalue weighted by Gasteiger charge is 2.16. The van der Waals surface area contributed by atoms with Crippen LogP contribution in [0.25, 0.3) is 0 Å². The summed E-state index contributed by atoms with van der Waals surface area (Å²) >= 11 is 0. The summed E-state index contributed by atoms with van der Waals surface area (Å²) in [5.41, 5.74) is -0.421. The van der Waals surface area contributed by atoms with Gasteiger partial charge >= 0.3 is 6.09 Å². The van der Waals surface area contributed by atoms with E-state index in [0.717, 1.165) is 13.1 Å². The minimum absolute atomic E-state index is 0.347. The zero-order valence-electron chi connectivity index (χ0n) is 10.6. The Labute approximate surface area is 97.7 Å². The highest BCUT2D eigenvalue weighted by molar-refractivity contribution is 5.71. The Hall–Kier alpha value is -1.06. The van der Waals surface area contributed by atoms with E-state index in [1.54, 1.807) is 0 Å². The predicted octanol–water partition coefficient (Wildman–Crippen LogP) is 1.78. The van der Waals surface area contributed by atoms with Crippen molar-refractivity contribution in [2.75, 3.05) is 19.6 Å². The molecule has 1 amide bonds. The summed E-state index contributed by atoms with van der Waals surface area (Å²) in [5, 5.41) is 2.73. The molecule has 1 saturated heterocycles. The van der Waals surface area contributed by atoms with Crippen LogP contribution in [0.5, 0.6) is 0 Å². The number of alkyl carbamates (subject to hydrolysis) is 1. The van der Waals surface area contributed by atoms with Crippen molar-refractivity contribution in [1.82, 2.24) is 5.32 Å². The average molecular weight is 227 g/mol. The van der Waals surface area contributed by atoms with Crippen LogP contribution in [0.4, 0.5) is 4.79 Å². The molecule has 0 aromatic carbocycles. The normalized spacial score (nSPS) is 16.8. The van der Waals surface area contributed by atoms with E-state index in [4.69, 9.17) is 4.74 Å². The van der Waals surface area contributed by atoms with Gasteiger partial charge < -0.3 is 10.1 Å². The van der Waals surface area contributed by atoms with Crippen LogP contribution in [-0.4, -0.2) is 42.1 Å². The van der Waals surface area contributed by atoms with Crippen molar-refractivity contribution >= 4 is 12.3 Å². The number of piperidine rings is 1. The second kappa shape index (κ2) is 5.87. The number of amides is 1. The molecule has 0 radical (unpaired) electrons. The lowest BCUT2D eigenvalue weighted by Gasteiger charge is -2.19. The van der Waals surface area contributed by atoms with Crippen LogP contribution in [0.15, 0.2) is 0 Å². The van der Waals surface area contributed by atoms with E-state index in [1.807, 2.05) is 27.0 Å². The van der Waals surface area contributed by atoms with Crippen LogP contribution >= 0.6 is 0 Å². The number of carbonyl (C=O) groups is 1. The third kappa shape index (κ3) is 5.73. The highest BCUT2D eigenvalue weighted by atomic mass is 16.6. The predicted molar refractivity (Wildman–Crippen MR) is 64.1 cm³/mol. The molecule has 0 aliphatic carbocycles. The fourth-order valence-electron chi connectivity index (χ4n) is 1.67. The molecule has 0 unspecified atom stereocenters. The maximum atomic E-state index is 11.3. The Morgan fingerprint density at radius 3 is 2.50 bits per heavy atom. The summed E-state index contributed by atoms with van der Waals surface area (Å²) in [4.78, 5) is 11.3. The number of rotatable bonds is 2. The minimum Gasteiger partial charge on any atom is -0.444 e. The first-order valence-corrected chi connectivity index (χ1v) is 6.01. The molecule has 0 aromatic heterocycles. The molecule has 0 spiro atoms. The lowest BCUT2D eigenvalue weighted by molar-refractivity contribution is -0.533. The number of carbonyl (C=O) groups excluding carboxylic acids is 1. The van der Waals surface area contributed by atoms with Gasteiger partial charge in [-0.05, 0) is 27.2 Å². The molecule has 0 bridgehead atoms. The molecule has 1 aliphatic rings. The summed E-state index contributed by atoms with van der Waals surface area (Å²) in [7, 11) is 0. The molecular weight excluding hydrogens is 204 g/mol. The van der Waals surface area contributed by atoms with Gasteiger partial charge in [0.15, 0.2) is 6.21 Å². The van der Waals surface area contributed by atoms with Crippen molar-refractivity contribution in [3.8, 4) is 0 Å². The van der Waals surface area contributed by atoms with Gasteiger partial charge in [0.2, 0.25) is 0 Å². The molecule has 0 atom stereocenters. The van der Waals surface area contributed by atoms with Crippen LogP contribution in [0.2, 0.25) is 0 Å². The van der Waals surface area contributed by atoms with Gasteiger partial charge in [-0.2, -0.15) is 0 Å². The summed E-state index contributed by atoms with van der Waals surface area (Å²) in [6, 6.07) is 0. The summed E-state index contributed by atoms with van der Waals surface area (Å²) in [6.07, 6.45) is 5.53. The van der Waals surface area contributed by atoms with Gasteiger partial charge in [0.25, 0.3) is 0 Å². The molecule has 1 aliphatic heterocycles. The molecule has 1 N–H and O–H groups in total. The van der Waals surface area contributed by atoms with Crippen molar-refractivity contribution in [2.45, 2.75) is 45.6 Å². The van der Waals surface area contributed by atoms with Crippen molar-refractivity contribution in [3.63, 3.8) is 0 Å². The molecule has 16 heavy (non-hydrogen) atoms. The average Bonchev–Trinajstić information content (AvgIpc) is 2.16. The molecule has 1 heterocycles. The maximum absolute atomic E-state index is 11.3. The molecular formula is C12H23N2O2+. The number of nitrogens with zero attached hydrogens (tertiary/aromatic N) is 1. The van der Waals surface area contributed by atoms with Crippen LogP contribution in [-0.2, 0) is 4.74 Å².